The van der Waals surface area contributed by atoms with Crippen LogP contribution in [-0.2, 0) is 15.8 Å². The molecule has 0 spiro atoms. The summed E-state index contributed by atoms with van der Waals surface area (Å²) in [7, 11) is 0. The van der Waals surface area contributed by atoms with Gasteiger partial charge in [-0.15, -0.1) is 0 Å². The monoisotopic (exact) mass is 493 g/mol. The van der Waals surface area contributed by atoms with Gasteiger partial charge in [0.1, 0.15) is 17.4 Å². The number of aryl methyl sites for hydroxylation is 2. The Morgan fingerprint density at radius 2 is 1.75 bits per heavy atom. The third-order valence-electron chi connectivity index (χ3n) is 5.01. The molecule has 0 aliphatic rings. The largest absolute Gasteiger partial charge is 0.484 e. The lowest BCUT2D eigenvalue weighted by Gasteiger charge is -2.11. The summed E-state index contributed by atoms with van der Waals surface area (Å²) in [5.41, 5.74) is 1.76. The second kappa shape index (κ2) is 11.2. The van der Waals surface area contributed by atoms with Crippen molar-refractivity contribution in [3.63, 3.8) is 0 Å². The lowest BCUT2D eigenvalue weighted by atomic mass is 10.1. The van der Waals surface area contributed by atoms with Gasteiger partial charge in [-0.2, -0.15) is 18.4 Å². The zero-order valence-electron chi connectivity index (χ0n) is 19.4. The molecule has 184 valence electrons. The highest BCUT2D eigenvalue weighted by molar-refractivity contribution is 6.09. The van der Waals surface area contributed by atoms with Crippen molar-refractivity contribution in [1.82, 2.24) is 0 Å². The molecule has 9 heteroatoms. The highest BCUT2D eigenvalue weighted by Crippen LogP contribution is 2.30. The van der Waals surface area contributed by atoms with Gasteiger partial charge in [0.2, 0.25) is 0 Å². The van der Waals surface area contributed by atoms with E-state index in [0.29, 0.717) is 17.0 Å². The molecule has 0 bridgehead atoms. The third kappa shape index (κ3) is 7.21. The summed E-state index contributed by atoms with van der Waals surface area (Å²) in [6, 6.07) is 17.9. The molecule has 0 heterocycles. The fourth-order valence-corrected chi connectivity index (χ4v) is 3.27. The third-order valence-corrected chi connectivity index (χ3v) is 5.01. The number of nitrogens with zero attached hydrogens (tertiary/aromatic N) is 1. The number of halogens is 3. The topological polar surface area (TPSA) is 91.2 Å². The quantitative estimate of drug-likeness (QED) is 0.317. The highest BCUT2D eigenvalue weighted by Gasteiger charge is 2.30. The fourth-order valence-electron chi connectivity index (χ4n) is 3.27. The summed E-state index contributed by atoms with van der Waals surface area (Å²) in [6.45, 7) is 3.58. The van der Waals surface area contributed by atoms with Crippen LogP contribution in [0.1, 0.15) is 22.3 Å². The number of rotatable bonds is 7. The molecule has 0 aliphatic heterocycles. The smallest absolute Gasteiger partial charge is 0.416 e. The zero-order valence-corrected chi connectivity index (χ0v) is 19.4. The molecule has 0 unspecified atom stereocenters. The summed E-state index contributed by atoms with van der Waals surface area (Å²) in [5, 5.41) is 14.5. The molecule has 0 atom stereocenters. The summed E-state index contributed by atoms with van der Waals surface area (Å²) in [4.78, 5) is 24.7. The van der Waals surface area contributed by atoms with Crippen LogP contribution in [0, 0.1) is 25.2 Å². The summed E-state index contributed by atoms with van der Waals surface area (Å²) in [5.74, 6) is -0.896. The number of nitriles is 1. The van der Waals surface area contributed by atoms with Gasteiger partial charge < -0.3 is 15.4 Å². The van der Waals surface area contributed by atoms with Gasteiger partial charge in [0, 0.05) is 11.4 Å². The molecule has 3 aromatic carbocycles. The number of anilines is 2. The van der Waals surface area contributed by atoms with Crippen LogP contribution in [-0.4, -0.2) is 18.4 Å². The number of alkyl halides is 3. The molecule has 0 saturated carbocycles. The van der Waals surface area contributed by atoms with Crippen molar-refractivity contribution in [3.05, 3.63) is 94.6 Å². The maximum atomic E-state index is 12.9. The highest BCUT2D eigenvalue weighted by atomic mass is 19.4. The Kier molecular flexibility index (Phi) is 8.12. The van der Waals surface area contributed by atoms with Gasteiger partial charge >= 0.3 is 6.18 Å². The number of carbonyl (C=O) groups excluding carboxylic acids is 2. The molecule has 6 nitrogen and oxygen atoms in total. The molecule has 0 aliphatic carbocycles. The number of carbonyl (C=O) groups is 2. The minimum absolute atomic E-state index is 0.0946. The summed E-state index contributed by atoms with van der Waals surface area (Å²) >= 11 is 0. The summed E-state index contributed by atoms with van der Waals surface area (Å²) in [6.07, 6.45) is -3.30. The molecule has 36 heavy (non-hydrogen) atoms. The molecule has 0 radical (unpaired) electrons. The van der Waals surface area contributed by atoms with Gasteiger partial charge in [0.05, 0.1) is 5.56 Å². The van der Waals surface area contributed by atoms with Crippen LogP contribution in [0.25, 0.3) is 6.08 Å². The maximum Gasteiger partial charge on any atom is 0.416 e. The van der Waals surface area contributed by atoms with Crippen LogP contribution in [0.4, 0.5) is 24.5 Å². The minimum Gasteiger partial charge on any atom is -0.484 e. The van der Waals surface area contributed by atoms with Crippen molar-refractivity contribution in [1.29, 1.82) is 5.26 Å². The van der Waals surface area contributed by atoms with E-state index < -0.39 is 17.6 Å². The first-order valence-corrected chi connectivity index (χ1v) is 10.8. The van der Waals surface area contributed by atoms with Crippen LogP contribution in [0.3, 0.4) is 0 Å². The van der Waals surface area contributed by atoms with Gasteiger partial charge in [-0.25, -0.2) is 0 Å². The molecule has 2 amide bonds. The van der Waals surface area contributed by atoms with Crippen molar-refractivity contribution in [2.75, 3.05) is 17.2 Å². The normalized spacial score (nSPS) is 11.4. The average molecular weight is 493 g/mol. The number of hydrogen-bond donors (Lipinski definition) is 2. The molecular formula is C27H22F3N3O3. The Bertz CT molecular complexity index is 1360. The maximum absolute atomic E-state index is 12.9. The van der Waals surface area contributed by atoms with E-state index in [4.69, 9.17) is 4.74 Å². The van der Waals surface area contributed by atoms with Gasteiger partial charge in [-0.05, 0) is 67.4 Å². The van der Waals surface area contributed by atoms with E-state index in [9.17, 15) is 28.0 Å². The van der Waals surface area contributed by atoms with Crippen molar-refractivity contribution in [2.24, 2.45) is 0 Å². The Labute approximate surface area is 206 Å². The first kappa shape index (κ1) is 26.0. The average Bonchev–Trinajstić information content (AvgIpc) is 2.83. The van der Waals surface area contributed by atoms with Crippen molar-refractivity contribution < 1.29 is 27.5 Å². The molecular weight excluding hydrogens is 471 g/mol. The molecule has 3 aromatic rings. The first-order chi connectivity index (χ1) is 17.0. The Hall–Kier alpha value is -4.58. The van der Waals surface area contributed by atoms with E-state index in [-0.39, 0.29) is 23.8 Å². The van der Waals surface area contributed by atoms with Gasteiger partial charge in [0.15, 0.2) is 6.61 Å². The number of nitrogens with one attached hydrogen (secondary N) is 2. The van der Waals surface area contributed by atoms with Crippen molar-refractivity contribution in [2.45, 2.75) is 20.0 Å². The van der Waals surface area contributed by atoms with Crippen molar-refractivity contribution in [3.8, 4) is 11.8 Å². The molecule has 2 N–H and O–H groups in total. The van der Waals surface area contributed by atoms with E-state index in [2.05, 4.69) is 10.6 Å². The molecule has 0 fully saturated rings. The Balaban J connectivity index is 1.66. The van der Waals surface area contributed by atoms with Gasteiger partial charge in [-0.1, -0.05) is 35.9 Å². The minimum atomic E-state index is -4.56. The van der Waals surface area contributed by atoms with Crippen LogP contribution < -0.4 is 15.4 Å². The lowest BCUT2D eigenvalue weighted by molar-refractivity contribution is -0.137. The van der Waals surface area contributed by atoms with E-state index >= 15 is 0 Å². The van der Waals surface area contributed by atoms with E-state index in [1.54, 1.807) is 24.3 Å². The van der Waals surface area contributed by atoms with Gasteiger partial charge in [0.25, 0.3) is 11.8 Å². The SMILES string of the molecule is Cc1ccc(NC(=O)COc2cccc(/C=C(\C#N)C(=O)Nc3cccc(C(F)(F)F)c3)c2)c(C)c1. The van der Waals surface area contributed by atoms with Crippen LogP contribution in [0.15, 0.2) is 72.3 Å². The van der Waals surface area contributed by atoms with Crippen molar-refractivity contribution >= 4 is 29.3 Å². The van der Waals surface area contributed by atoms with Crippen LogP contribution in [0.5, 0.6) is 5.75 Å². The van der Waals surface area contributed by atoms with E-state index in [0.717, 1.165) is 29.3 Å². The predicted molar refractivity (Wildman–Crippen MR) is 130 cm³/mol. The number of benzene rings is 3. The van der Waals surface area contributed by atoms with E-state index in [1.165, 1.54) is 18.2 Å². The first-order valence-electron chi connectivity index (χ1n) is 10.8. The fraction of sp³-hybridized carbons (Fsp3) is 0.148. The lowest BCUT2D eigenvalue weighted by Crippen LogP contribution is -2.20. The Morgan fingerprint density at radius 3 is 2.44 bits per heavy atom. The van der Waals surface area contributed by atoms with Crippen LogP contribution >= 0.6 is 0 Å². The van der Waals surface area contributed by atoms with Crippen LogP contribution in [0.2, 0.25) is 0 Å². The molecule has 0 aromatic heterocycles. The number of hydrogen-bond acceptors (Lipinski definition) is 4. The Morgan fingerprint density at radius 1 is 1.00 bits per heavy atom. The molecule has 3 rings (SSSR count). The number of ether oxygens (including phenoxy) is 1. The zero-order chi connectivity index (χ0) is 26.3. The number of amides is 2. The predicted octanol–water partition coefficient (Wildman–Crippen LogP) is 5.89. The summed E-state index contributed by atoms with van der Waals surface area (Å²) < 4.78 is 44.2. The standard InChI is InChI=1S/C27H22F3N3O3/c1-17-9-10-24(18(2)11-17)33-25(34)16-36-23-8-3-5-19(13-23)12-20(15-31)26(35)32-22-7-4-6-21(14-22)27(28,29)30/h3-14H,16H2,1-2H3,(H,32,35)(H,33,34)/b20-12+. The van der Waals surface area contributed by atoms with E-state index in [1.807, 2.05) is 32.0 Å². The second-order valence-corrected chi connectivity index (χ2v) is 7.93. The van der Waals surface area contributed by atoms with Gasteiger partial charge in [-0.3, -0.25) is 9.59 Å². The molecule has 0 saturated heterocycles. The second-order valence-electron chi connectivity index (χ2n) is 7.93.